The van der Waals surface area contributed by atoms with E-state index in [0.29, 0.717) is 17.4 Å². The average Bonchev–Trinajstić information content (AvgIpc) is 3.18. The van der Waals surface area contributed by atoms with E-state index in [4.69, 9.17) is 15.2 Å². The lowest BCUT2D eigenvalue weighted by Crippen LogP contribution is -2.22. The molecule has 1 fully saturated rings. The van der Waals surface area contributed by atoms with E-state index in [9.17, 15) is 4.79 Å². The van der Waals surface area contributed by atoms with Gasteiger partial charge in [0.05, 0.1) is 20.1 Å². The van der Waals surface area contributed by atoms with Crippen molar-refractivity contribution in [1.29, 1.82) is 0 Å². The van der Waals surface area contributed by atoms with Crippen LogP contribution in [0.4, 0.5) is 0 Å². The summed E-state index contributed by atoms with van der Waals surface area (Å²) in [6.07, 6.45) is 3.19. The minimum absolute atomic E-state index is 0.289. The van der Waals surface area contributed by atoms with Crippen molar-refractivity contribution >= 4 is 5.91 Å². The van der Waals surface area contributed by atoms with Crippen molar-refractivity contribution in [3.8, 4) is 11.5 Å². The Kier molecular flexibility index (Phi) is 3.75. The second-order valence-corrected chi connectivity index (χ2v) is 4.74. The van der Waals surface area contributed by atoms with E-state index in [1.54, 1.807) is 14.2 Å². The van der Waals surface area contributed by atoms with E-state index in [1.807, 2.05) is 18.2 Å². The molecule has 4 nitrogen and oxygen atoms in total. The number of hydrogen-bond acceptors (Lipinski definition) is 3. The monoisotopic (exact) mass is 249 g/mol. The molecule has 0 spiro atoms. The van der Waals surface area contributed by atoms with Crippen molar-refractivity contribution in [3.05, 3.63) is 23.8 Å². The first-order valence-corrected chi connectivity index (χ1v) is 6.17. The molecular weight excluding hydrogens is 230 g/mol. The molecule has 0 saturated heterocycles. The topological polar surface area (TPSA) is 61.6 Å². The van der Waals surface area contributed by atoms with Gasteiger partial charge < -0.3 is 15.2 Å². The molecule has 0 bridgehead atoms. The lowest BCUT2D eigenvalue weighted by Gasteiger charge is -2.17. The van der Waals surface area contributed by atoms with E-state index in [2.05, 4.69) is 0 Å². The van der Waals surface area contributed by atoms with Crippen molar-refractivity contribution in [2.75, 3.05) is 14.2 Å². The highest BCUT2D eigenvalue weighted by molar-refractivity contribution is 5.83. The van der Waals surface area contributed by atoms with Gasteiger partial charge in [0.2, 0.25) is 5.91 Å². The molecule has 1 unspecified atom stereocenters. The third kappa shape index (κ3) is 2.75. The number of primary amides is 1. The molecular formula is C14H19NO3. The molecule has 4 heteroatoms. The van der Waals surface area contributed by atoms with Crippen LogP contribution in [0.25, 0.3) is 0 Å². The Morgan fingerprint density at radius 1 is 1.39 bits per heavy atom. The standard InChI is InChI=1S/C14H19NO3/c1-17-10-5-6-13(18-2)11(8-10)12(14(15)16)7-9-3-4-9/h5-6,8-9,12H,3-4,7H2,1-2H3,(H2,15,16). The van der Waals surface area contributed by atoms with Gasteiger partial charge in [-0.3, -0.25) is 4.79 Å². The molecule has 0 aromatic heterocycles. The fraction of sp³-hybridized carbons (Fsp3) is 0.500. The van der Waals surface area contributed by atoms with Crippen LogP contribution in [0.1, 0.15) is 30.7 Å². The summed E-state index contributed by atoms with van der Waals surface area (Å²) in [5, 5.41) is 0. The van der Waals surface area contributed by atoms with Crippen LogP contribution in [0.15, 0.2) is 18.2 Å². The minimum Gasteiger partial charge on any atom is -0.497 e. The molecule has 1 aromatic carbocycles. The first-order valence-electron chi connectivity index (χ1n) is 6.17. The molecule has 1 aliphatic carbocycles. The van der Waals surface area contributed by atoms with Crippen LogP contribution in [-0.2, 0) is 4.79 Å². The van der Waals surface area contributed by atoms with E-state index in [0.717, 1.165) is 12.0 Å². The van der Waals surface area contributed by atoms with Gasteiger partial charge >= 0.3 is 0 Å². The summed E-state index contributed by atoms with van der Waals surface area (Å²) in [5.41, 5.74) is 6.35. The molecule has 0 radical (unpaired) electrons. The molecule has 98 valence electrons. The molecule has 1 amide bonds. The maximum Gasteiger partial charge on any atom is 0.225 e. The third-order valence-electron chi connectivity index (χ3n) is 3.42. The van der Waals surface area contributed by atoms with Crippen molar-refractivity contribution in [3.63, 3.8) is 0 Å². The van der Waals surface area contributed by atoms with Crippen molar-refractivity contribution < 1.29 is 14.3 Å². The van der Waals surface area contributed by atoms with Crippen LogP contribution in [-0.4, -0.2) is 20.1 Å². The number of methoxy groups -OCH3 is 2. The summed E-state index contributed by atoms with van der Waals surface area (Å²) < 4.78 is 10.5. The van der Waals surface area contributed by atoms with Crippen molar-refractivity contribution in [2.45, 2.75) is 25.2 Å². The van der Waals surface area contributed by atoms with Crippen molar-refractivity contribution in [1.82, 2.24) is 0 Å². The lowest BCUT2D eigenvalue weighted by molar-refractivity contribution is -0.119. The Bertz CT molecular complexity index is 441. The number of carbonyl (C=O) groups excluding carboxylic acids is 1. The number of amides is 1. The average molecular weight is 249 g/mol. The van der Waals surface area contributed by atoms with Crippen LogP contribution in [0.5, 0.6) is 11.5 Å². The van der Waals surface area contributed by atoms with Gasteiger partial charge in [-0.2, -0.15) is 0 Å². The number of carbonyl (C=O) groups is 1. The lowest BCUT2D eigenvalue weighted by atomic mass is 9.92. The Hall–Kier alpha value is -1.71. The zero-order chi connectivity index (χ0) is 13.1. The van der Waals surface area contributed by atoms with Gasteiger partial charge in [0, 0.05) is 5.56 Å². The van der Waals surface area contributed by atoms with Gasteiger partial charge in [-0.25, -0.2) is 0 Å². The number of benzene rings is 1. The summed E-state index contributed by atoms with van der Waals surface area (Å²) in [4.78, 5) is 11.7. The summed E-state index contributed by atoms with van der Waals surface area (Å²) in [6, 6.07) is 5.48. The van der Waals surface area contributed by atoms with Gasteiger partial charge in [-0.1, -0.05) is 12.8 Å². The van der Waals surface area contributed by atoms with Crippen LogP contribution < -0.4 is 15.2 Å². The molecule has 1 atom stereocenters. The normalized spacial score (nSPS) is 16.1. The van der Waals surface area contributed by atoms with Gasteiger partial charge in [0.15, 0.2) is 0 Å². The Balaban J connectivity index is 2.33. The van der Waals surface area contributed by atoms with Gasteiger partial charge in [-0.05, 0) is 30.5 Å². The highest BCUT2D eigenvalue weighted by Gasteiger charge is 2.31. The fourth-order valence-electron chi connectivity index (χ4n) is 2.19. The molecule has 1 aromatic rings. The maximum atomic E-state index is 11.7. The molecule has 0 heterocycles. The van der Waals surface area contributed by atoms with Crippen LogP contribution in [0, 0.1) is 5.92 Å². The van der Waals surface area contributed by atoms with E-state index >= 15 is 0 Å². The zero-order valence-electron chi connectivity index (χ0n) is 10.8. The van der Waals surface area contributed by atoms with E-state index in [-0.39, 0.29) is 11.8 Å². The minimum atomic E-state index is -0.298. The first-order chi connectivity index (χ1) is 8.65. The fourth-order valence-corrected chi connectivity index (χ4v) is 2.19. The highest BCUT2D eigenvalue weighted by Crippen LogP contribution is 2.41. The second-order valence-electron chi connectivity index (χ2n) is 4.74. The second kappa shape index (κ2) is 5.29. The molecule has 2 N–H and O–H groups in total. The quantitative estimate of drug-likeness (QED) is 0.839. The molecule has 1 aliphatic rings. The van der Waals surface area contributed by atoms with E-state index < -0.39 is 0 Å². The third-order valence-corrected chi connectivity index (χ3v) is 3.42. The molecule has 2 rings (SSSR count). The predicted octanol–water partition coefficient (Wildman–Crippen LogP) is 2.07. The van der Waals surface area contributed by atoms with Crippen LogP contribution >= 0.6 is 0 Å². The maximum absolute atomic E-state index is 11.7. The summed E-state index contributed by atoms with van der Waals surface area (Å²) >= 11 is 0. The highest BCUT2D eigenvalue weighted by atomic mass is 16.5. The number of ether oxygens (including phenoxy) is 2. The predicted molar refractivity (Wildman–Crippen MR) is 68.8 cm³/mol. The van der Waals surface area contributed by atoms with Gasteiger partial charge in [-0.15, -0.1) is 0 Å². The smallest absolute Gasteiger partial charge is 0.225 e. The first kappa shape index (κ1) is 12.7. The Morgan fingerprint density at radius 3 is 2.61 bits per heavy atom. The summed E-state index contributed by atoms with van der Waals surface area (Å²) in [6.45, 7) is 0. The SMILES string of the molecule is COc1ccc(OC)c(C(CC2CC2)C(N)=O)c1. The van der Waals surface area contributed by atoms with Crippen LogP contribution in [0.3, 0.4) is 0 Å². The zero-order valence-corrected chi connectivity index (χ0v) is 10.8. The van der Waals surface area contributed by atoms with Crippen molar-refractivity contribution in [2.24, 2.45) is 11.7 Å². The molecule has 1 saturated carbocycles. The number of rotatable bonds is 6. The number of nitrogens with two attached hydrogens (primary N) is 1. The number of hydrogen-bond donors (Lipinski definition) is 1. The molecule has 18 heavy (non-hydrogen) atoms. The Labute approximate surface area is 107 Å². The van der Waals surface area contributed by atoms with E-state index in [1.165, 1.54) is 12.8 Å². The molecule has 0 aliphatic heterocycles. The largest absolute Gasteiger partial charge is 0.497 e. The summed E-state index contributed by atoms with van der Waals surface area (Å²) in [5.74, 6) is 1.45. The van der Waals surface area contributed by atoms with Gasteiger partial charge in [0.1, 0.15) is 11.5 Å². The Morgan fingerprint density at radius 2 is 2.11 bits per heavy atom. The summed E-state index contributed by atoms with van der Waals surface area (Å²) in [7, 11) is 3.20. The van der Waals surface area contributed by atoms with Crippen LogP contribution in [0.2, 0.25) is 0 Å². The van der Waals surface area contributed by atoms with Gasteiger partial charge in [0.25, 0.3) is 0 Å².